The number of rotatable bonds is 5. The SMILES string of the molecule is Cc1ccc(-c2nc(CNC(C)C(=O)O)cs2)cc1. The van der Waals surface area contributed by atoms with Gasteiger partial charge in [0.2, 0.25) is 0 Å². The maximum atomic E-state index is 10.7. The van der Waals surface area contributed by atoms with Crippen LogP contribution < -0.4 is 5.32 Å². The number of benzene rings is 1. The van der Waals surface area contributed by atoms with Gasteiger partial charge >= 0.3 is 5.97 Å². The molecular formula is C14H16N2O2S. The molecule has 2 rings (SSSR count). The van der Waals surface area contributed by atoms with E-state index >= 15 is 0 Å². The van der Waals surface area contributed by atoms with E-state index in [-0.39, 0.29) is 0 Å². The van der Waals surface area contributed by atoms with Crippen LogP contribution in [0.25, 0.3) is 10.6 Å². The van der Waals surface area contributed by atoms with Crippen LogP contribution in [0.5, 0.6) is 0 Å². The quantitative estimate of drug-likeness (QED) is 0.881. The van der Waals surface area contributed by atoms with Crippen molar-refractivity contribution in [2.45, 2.75) is 26.4 Å². The number of nitrogens with one attached hydrogen (secondary N) is 1. The zero-order valence-electron chi connectivity index (χ0n) is 10.9. The van der Waals surface area contributed by atoms with Gasteiger partial charge in [0, 0.05) is 17.5 Å². The first kappa shape index (κ1) is 13.7. The van der Waals surface area contributed by atoms with Gasteiger partial charge in [-0.15, -0.1) is 11.3 Å². The van der Waals surface area contributed by atoms with Gasteiger partial charge in [-0.05, 0) is 13.8 Å². The lowest BCUT2D eigenvalue weighted by Crippen LogP contribution is -2.33. The highest BCUT2D eigenvalue weighted by Crippen LogP contribution is 2.23. The van der Waals surface area contributed by atoms with Crippen molar-refractivity contribution in [2.75, 3.05) is 0 Å². The van der Waals surface area contributed by atoms with Crippen LogP contribution >= 0.6 is 11.3 Å². The number of aromatic nitrogens is 1. The fraction of sp³-hybridized carbons (Fsp3) is 0.286. The van der Waals surface area contributed by atoms with Gasteiger partial charge in [-0.3, -0.25) is 10.1 Å². The van der Waals surface area contributed by atoms with Crippen molar-refractivity contribution in [3.8, 4) is 10.6 Å². The predicted molar refractivity (Wildman–Crippen MR) is 76.2 cm³/mol. The molecule has 1 unspecified atom stereocenters. The molecule has 19 heavy (non-hydrogen) atoms. The average Bonchev–Trinajstić information content (AvgIpc) is 2.85. The van der Waals surface area contributed by atoms with E-state index in [1.807, 2.05) is 24.4 Å². The minimum Gasteiger partial charge on any atom is -0.480 e. The molecule has 4 nitrogen and oxygen atoms in total. The second kappa shape index (κ2) is 5.95. The molecule has 100 valence electrons. The summed E-state index contributed by atoms with van der Waals surface area (Å²) in [5, 5.41) is 14.6. The Hall–Kier alpha value is -1.72. The summed E-state index contributed by atoms with van der Waals surface area (Å²) in [5.74, 6) is -0.853. The normalized spacial score (nSPS) is 12.3. The Balaban J connectivity index is 2.03. The van der Waals surface area contributed by atoms with E-state index in [1.54, 1.807) is 18.3 Å². The molecular weight excluding hydrogens is 260 g/mol. The third kappa shape index (κ3) is 3.62. The first-order valence-electron chi connectivity index (χ1n) is 6.04. The summed E-state index contributed by atoms with van der Waals surface area (Å²) in [5.41, 5.74) is 3.18. The van der Waals surface area contributed by atoms with Crippen LogP contribution in [0.3, 0.4) is 0 Å². The summed E-state index contributed by atoms with van der Waals surface area (Å²) in [4.78, 5) is 15.2. The molecule has 1 heterocycles. The van der Waals surface area contributed by atoms with Crippen molar-refractivity contribution in [3.63, 3.8) is 0 Å². The van der Waals surface area contributed by atoms with Crippen LogP contribution in [0.2, 0.25) is 0 Å². The highest BCUT2D eigenvalue weighted by atomic mass is 32.1. The van der Waals surface area contributed by atoms with Crippen molar-refractivity contribution in [1.29, 1.82) is 0 Å². The summed E-state index contributed by atoms with van der Waals surface area (Å²) in [7, 11) is 0. The van der Waals surface area contributed by atoms with Crippen LogP contribution in [0, 0.1) is 6.92 Å². The van der Waals surface area contributed by atoms with Gasteiger partial charge in [0.15, 0.2) is 0 Å². The largest absolute Gasteiger partial charge is 0.480 e. The Labute approximate surface area is 116 Å². The second-order valence-corrected chi connectivity index (χ2v) is 5.31. The van der Waals surface area contributed by atoms with E-state index in [2.05, 4.69) is 22.4 Å². The highest BCUT2D eigenvalue weighted by Gasteiger charge is 2.11. The average molecular weight is 276 g/mol. The standard InChI is InChI=1S/C14H16N2O2S/c1-9-3-5-11(6-4-9)13-16-12(8-19-13)7-15-10(2)14(17)18/h3-6,8,10,15H,7H2,1-2H3,(H,17,18). The Morgan fingerprint density at radius 1 is 1.42 bits per heavy atom. The van der Waals surface area contributed by atoms with Crippen LogP contribution in [0.15, 0.2) is 29.6 Å². The van der Waals surface area contributed by atoms with Crippen molar-refractivity contribution >= 4 is 17.3 Å². The number of nitrogens with zero attached hydrogens (tertiary/aromatic N) is 1. The van der Waals surface area contributed by atoms with Crippen molar-refractivity contribution in [2.24, 2.45) is 0 Å². The molecule has 0 aliphatic carbocycles. The maximum Gasteiger partial charge on any atom is 0.320 e. The summed E-state index contributed by atoms with van der Waals surface area (Å²) in [6.45, 7) is 4.14. The molecule has 0 radical (unpaired) electrons. The number of carboxylic acid groups (broad SMARTS) is 1. The van der Waals surface area contributed by atoms with Gasteiger partial charge in [-0.25, -0.2) is 4.98 Å². The molecule has 2 aromatic rings. The van der Waals surface area contributed by atoms with Crippen molar-refractivity contribution in [1.82, 2.24) is 10.3 Å². The summed E-state index contributed by atoms with van der Waals surface area (Å²) < 4.78 is 0. The van der Waals surface area contributed by atoms with Crippen LogP contribution in [0.1, 0.15) is 18.2 Å². The Morgan fingerprint density at radius 2 is 2.11 bits per heavy atom. The molecule has 0 bridgehead atoms. The van der Waals surface area contributed by atoms with Crippen molar-refractivity contribution < 1.29 is 9.90 Å². The molecule has 1 atom stereocenters. The highest BCUT2D eigenvalue weighted by molar-refractivity contribution is 7.13. The van der Waals surface area contributed by atoms with Gasteiger partial charge in [-0.1, -0.05) is 29.8 Å². The van der Waals surface area contributed by atoms with E-state index in [1.165, 1.54) is 5.56 Å². The number of hydrogen-bond acceptors (Lipinski definition) is 4. The third-order valence-electron chi connectivity index (χ3n) is 2.81. The van der Waals surface area contributed by atoms with E-state index in [0.717, 1.165) is 16.3 Å². The first-order valence-corrected chi connectivity index (χ1v) is 6.92. The van der Waals surface area contributed by atoms with Crippen LogP contribution in [-0.4, -0.2) is 22.1 Å². The zero-order chi connectivity index (χ0) is 13.8. The molecule has 0 aliphatic heterocycles. The molecule has 1 aromatic heterocycles. The van der Waals surface area contributed by atoms with Gasteiger partial charge in [0.05, 0.1) is 5.69 Å². The van der Waals surface area contributed by atoms with Crippen LogP contribution in [0.4, 0.5) is 0 Å². The van der Waals surface area contributed by atoms with Gasteiger partial charge in [-0.2, -0.15) is 0 Å². The molecule has 2 N–H and O–H groups in total. The van der Waals surface area contributed by atoms with E-state index in [0.29, 0.717) is 6.54 Å². The molecule has 0 amide bonds. The van der Waals surface area contributed by atoms with Crippen LogP contribution in [-0.2, 0) is 11.3 Å². The summed E-state index contributed by atoms with van der Waals surface area (Å²) in [6, 6.07) is 7.64. The molecule has 5 heteroatoms. The number of aliphatic carboxylic acids is 1. The number of thiazole rings is 1. The topological polar surface area (TPSA) is 62.2 Å². The van der Waals surface area contributed by atoms with E-state index < -0.39 is 12.0 Å². The lowest BCUT2D eigenvalue weighted by molar-refractivity contribution is -0.139. The maximum absolute atomic E-state index is 10.7. The monoisotopic (exact) mass is 276 g/mol. The number of carboxylic acids is 1. The number of hydrogen-bond donors (Lipinski definition) is 2. The Kier molecular flexibility index (Phi) is 4.29. The minimum atomic E-state index is -0.853. The second-order valence-electron chi connectivity index (χ2n) is 4.45. The molecule has 0 spiro atoms. The molecule has 0 fully saturated rings. The van der Waals surface area contributed by atoms with E-state index in [4.69, 9.17) is 5.11 Å². The predicted octanol–water partition coefficient (Wildman–Crippen LogP) is 2.68. The molecule has 0 saturated carbocycles. The minimum absolute atomic E-state index is 0.468. The Bertz CT molecular complexity index is 563. The fourth-order valence-electron chi connectivity index (χ4n) is 1.56. The lowest BCUT2D eigenvalue weighted by atomic mass is 10.2. The number of aryl methyl sites for hydroxylation is 1. The number of carbonyl (C=O) groups is 1. The van der Waals surface area contributed by atoms with Gasteiger partial charge in [0.25, 0.3) is 0 Å². The molecule has 0 aliphatic rings. The zero-order valence-corrected chi connectivity index (χ0v) is 11.7. The summed E-state index contributed by atoms with van der Waals surface area (Å²) in [6.07, 6.45) is 0. The third-order valence-corrected chi connectivity index (χ3v) is 3.75. The molecule has 0 saturated heterocycles. The first-order chi connectivity index (χ1) is 9.06. The van der Waals surface area contributed by atoms with Gasteiger partial charge < -0.3 is 5.11 Å². The fourth-order valence-corrected chi connectivity index (χ4v) is 2.39. The Morgan fingerprint density at radius 3 is 2.74 bits per heavy atom. The molecule has 1 aromatic carbocycles. The van der Waals surface area contributed by atoms with Crippen molar-refractivity contribution in [3.05, 3.63) is 40.9 Å². The lowest BCUT2D eigenvalue weighted by Gasteiger charge is -2.06. The summed E-state index contributed by atoms with van der Waals surface area (Å²) >= 11 is 1.57. The smallest absolute Gasteiger partial charge is 0.320 e. The van der Waals surface area contributed by atoms with E-state index in [9.17, 15) is 4.79 Å². The van der Waals surface area contributed by atoms with Gasteiger partial charge in [0.1, 0.15) is 11.0 Å².